The van der Waals surface area contributed by atoms with E-state index in [1.54, 1.807) is 0 Å². The van der Waals surface area contributed by atoms with Gasteiger partial charge in [0.05, 0.1) is 0 Å². The fourth-order valence-electron chi connectivity index (χ4n) is 3.35. The van der Waals surface area contributed by atoms with Gasteiger partial charge in [-0.1, -0.05) is 55.8 Å². The zero-order valence-corrected chi connectivity index (χ0v) is 16.5. The van der Waals surface area contributed by atoms with Crippen molar-refractivity contribution in [1.29, 1.82) is 0 Å². The number of rotatable bonds is 6. The number of unbranched alkanes of at least 4 members (excludes halogenated alkanes) is 1. The van der Waals surface area contributed by atoms with E-state index in [0.717, 1.165) is 18.7 Å². The molecular weight excluding hydrogens is 322 g/mol. The van der Waals surface area contributed by atoms with Crippen LogP contribution in [0.4, 0.5) is 0 Å². The van der Waals surface area contributed by atoms with Crippen molar-refractivity contribution >= 4 is 17.3 Å². The molecule has 0 saturated carbocycles. The summed E-state index contributed by atoms with van der Waals surface area (Å²) in [6, 6.07) is 16.0. The average Bonchev–Trinajstić information content (AvgIpc) is 2.77. The van der Waals surface area contributed by atoms with Crippen molar-refractivity contribution in [3.8, 4) is 0 Å². The van der Waals surface area contributed by atoms with Crippen molar-refractivity contribution in [2.75, 3.05) is 20.6 Å². The van der Waals surface area contributed by atoms with Crippen molar-refractivity contribution in [3.05, 3.63) is 70.8 Å². The van der Waals surface area contributed by atoms with Gasteiger partial charge >= 0.3 is 0 Å². The normalized spacial score (nSPS) is 15.1. The first kappa shape index (κ1) is 18.3. The van der Waals surface area contributed by atoms with Gasteiger partial charge in [0.25, 0.3) is 0 Å². The number of benzene rings is 2. The van der Waals surface area contributed by atoms with Crippen molar-refractivity contribution in [1.82, 2.24) is 4.90 Å². The highest BCUT2D eigenvalue weighted by Gasteiger charge is 2.18. The maximum atomic E-state index is 2.45. The molecule has 0 bridgehead atoms. The van der Waals surface area contributed by atoms with E-state index in [9.17, 15) is 0 Å². The Morgan fingerprint density at radius 2 is 1.92 bits per heavy atom. The van der Waals surface area contributed by atoms with E-state index in [0.29, 0.717) is 0 Å². The zero-order chi connectivity index (χ0) is 17.6. The molecule has 3 rings (SSSR count). The summed E-state index contributed by atoms with van der Waals surface area (Å²) in [6.45, 7) is 3.35. The topological polar surface area (TPSA) is 3.24 Å². The van der Waals surface area contributed by atoms with Crippen molar-refractivity contribution < 1.29 is 0 Å². The maximum absolute atomic E-state index is 2.45. The lowest BCUT2D eigenvalue weighted by molar-refractivity contribution is 0.417. The van der Waals surface area contributed by atoms with E-state index in [-0.39, 0.29) is 0 Å². The molecule has 0 fully saturated rings. The highest BCUT2D eigenvalue weighted by Crippen LogP contribution is 2.40. The van der Waals surface area contributed by atoms with E-state index in [4.69, 9.17) is 0 Å². The first-order valence-corrected chi connectivity index (χ1v) is 10.4. The number of nitrogens with zero attached hydrogens (tertiary/aromatic N) is 1. The summed E-state index contributed by atoms with van der Waals surface area (Å²) in [5.74, 6) is 1.06. The third-order valence-corrected chi connectivity index (χ3v) is 5.89. The maximum Gasteiger partial charge on any atom is 0.0238 e. The van der Waals surface area contributed by atoms with E-state index in [1.165, 1.54) is 52.0 Å². The Bertz CT molecular complexity index is 746. The Morgan fingerprint density at radius 3 is 2.72 bits per heavy atom. The molecule has 2 heteroatoms. The lowest BCUT2D eigenvalue weighted by Crippen LogP contribution is -2.12. The van der Waals surface area contributed by atoms with E-state index in [2.05, 4.69) is 74.5 Å². The van der Waals surface area contributed by atoms with Crippen LogP contribution in [0.5, 0.6) is 0 Å². The van der Waals surface area contributed by atoms with Crippen LogP contribution < -0.4 is 0 Å². The first-order chi connectivity index (χ1) is 12.2. The van der Waals surface area contributed by atoms with Gasteiger partial charge in [-0.15, -0.1) is 11.8 Å². The second-order valence-electron chi connectivity index (χ2n) is 7.09. The second kappa shape index (κ2) is 8.73. The van der Waals surface area contributed by atoms with Crippen LogP contribution in [0.15, 0.2) is 53.4 Å². The number of fused-ring (bicyclic) bond motifs is 2. The van der Waals surface area contributed by atoms with Gasteiger partial charge in [0, 0.05) is 17.2 Å². The molecule has 1 aliphatic heterocycles. The Hall–Kier alpha value is -1.51. The highest BCUT2D eigenvalue weighted by molar-refractivity contribution is 7.98. The summed E-state index contributed by atoms with van der Waals surface area (Å²) in [6.07, 6.45) is 7.23. The molecule has 1 heterocycles. The summed E-state index contributed by atoms with van der Waals surface area (Å²) >= 11 is 1.98. The SMILES string of the molecule is CCCCc1ccc2c(c1)/C(=C/CCN(C)C)c1ccccc1CS2. The van der Waals surface area contributed by atoms with Gasteiger partial charge in [-0.2, -0.15) is 0 Å². The number of thioether (sulfide) groups is 1. The predicted molar refractivity (Wildman–Crippen MR) is 111 cm³/mol. The summed E-state index contributed by atoms with van der Waals surface area (Å²) in [5, 5.41) is 0. The standard InChI is InChI=1S/C23H29NS/c1-4-5-9-18-13-14-23-22(16-18)21(12-8-15-24(2)3)20-11-7-6-10-19(20)17-25-23/h6-7,10-14,16H,4-5,8-9,15,17H2,1-3H3/b21-12+. The monoisotopic (exact) mass is 351 g/mol. The minimum absolute atomic E-state index is 1.06. The van der Waals surface area contributed by atoms with Crippen LogP contribution in [0.3, 0.4) is 0 Å². The molecule has 0 saturated heterocycles. The number of hydrogen-bond donors (Lipinski definition) is 0. The molecule has 25 heavy (non-hydrogen) atoms. The van der Waals surface area contributed by atoms with Gasteiger partial charge in [-0.05, 0) is 67.3 Å². The number of aryl methyl sites for hydroxylation is 1. The summed E-state index contributed by atoms with van der Waals surface area (Å²) < 4.78 is 0. The quantitative estimate of drug-likeness (QED) is 0.626. The van der Waals surface area contributed by atoms with Gasteiger partial charge in [0.1, 0.15) is 0 Å². The van der Waals surface area contributed by atoms with Gasteiger partial charge in [0.2, 0.25) is 0 Å². The summed E-state index contributed by atoms with van der Waals surface area (Å²) in [7, 11) is 4.29. The molecule has 0 spiro atoms. The average molecular weight is 352 g/mol. The highest BCUT2D eigenvalue weighted by atomic mass is 32.2. The molecule has 0 aromatic heterocycles. The Balaban J connectivity index is 2.03. The zero-order valence-electron chi connectivity index (χ0n) is 15.7. The fourth-order valence-corrected chi connectivity index (χ4v) is 4.40. The first-order valence-electron chi connectivity index (χ1n) is 9.38. The van der Waals surface area contributed by atoms with E-state index < -0.39 is 0 Å². The smallest absolute Gasteiger partial charge is 0.0238 e. The fraction of sp³-hybridized carbons (Fsp3) is 0.391. The molecule has 0 radical (unpaired) electrons. The van der Waals surface area contributed by atoms with Crippen LogP contribution in [0.2, 0.25) is 0 Å². The molecule has 132 valence electrons. The molecule has 1 aliphatic rings. The summed E-state index contributed by atoms with van der Waals surface area (Å²) in [5.41, 5.74) is 7.20. The minimum atomic E-state index is 1.06. The lowest BCUT2D eigenvalue weighted by atomic mass is 9.92. The molecular formula is C23H29NS. The Kier molecular flexibility index (Phi) is 6.39. The molecule has 0 unspecified atom stereocenters. The molecule has 0 amide bonds. The van der Waals surface area contributed by atoms with Crippen LogP contribution in [0.1, 0.15) is 48.4 Å². The van der Waals surface area contributed by atoms with Gasteiger partial charge < -0.3 is 4.90 Å². The van der Waals surface area contributed by atoms with Crippen molar-refractivity contribution in [2.45, 2.75) is 43.3 Å². The minimum Gasteiger partial charge on any atom is -0.309 e. The molecule has 0 N–H and O–H groups in total. The van der Waals surface area contributed by atoms with Crippen LogP contribution in [0.25, 0.3) is 5.57 Å². The third-order valence-electron chi connectivity index (χ3n) is 4.77. The molecule has 0 atom stereocenters. The molecule has 0 aliphatic carbocycles. The molecule has 1 nitrogen and oxygen atoms in total. The Labute approximate surface area is 157 Å². The predicted octanol–water partition coefficient (Wildman–Crippen LogP) is 6.02. The van der Waals surface area contributed by atoms with Crippen molar-refractivity contribution in [3.63, 3.8) is 0 Å². The lowest BCUT2D eigenvalue weighted by Gasteiger charge is -2.14. The molecule has 2 aromatic rings. The van der Waals surface area contributed by atoms with Gasteiger partial charge in [-0.25, -0.2) is 0 Å². The van der Waals surface area contributed by atoms with Crippen LogP contribution in [-0.2, 0) is 12.2 Å². The van der Waals surface area contributed by atoms with Crippen molar-refractivity contribution in [2.24, 2.45) is 0 Å². The van der Waals surface area contributed by atoms with E-state index >= 15 is 0 Å². The molecule has 2 aromatic carbocycles. The van der Waals surface area contributed by atoms with E-state index in [1.807, 2.05) is 11.8 Å². The second-order valence-corrected chi connectivity index (χ2v) is 8.11. The van der Waals surface area contributed by atoms with Crippen LogP contribution in [0, 0.1) is 0 Å². The van der Waals surface area contributed by atoms with Crippen LogP contribution >= 0.6 is 11.8 Å². The summed E-state index contributed by atoms with van der Waals surface area (Å²) in [4.78, 5) is 3.68. The van der Waals surface area contributed by atoms with Crippen LogP contribution in [-0.4, -0.2) is 25.5 Å². The third kappa shape index (κ3) is 4.56. The Morgan fingerprint density at radius 1 is 1.08 bits per heavy atom. The van der Waals surface area contributed by atoms with Gasteiger partial charge in [-0.3, -0.25) is 0 Å². The van der Waals surface area contributed by atoms with Gasteiger partial charge in [0.15, 0.2) is 0 Å². The largest absolute Gasteiger partial charge is 0.309 e. The number of hydrogen-bond acceptors (Lipinski definition) is 2.